The minimum Gasteiger partial charge on any atom is -0.493 e. The number of ether oxygens (including phenoxy) is 3. The SMILES string of the molecule is C[C@@H]1CCCN(CCCOc2ccc3c(c2)OCO3)C1. The van der Waals surface area contributed by atoms with Gasteiger partial charge in [-0.3, -0.25) is 0 Å². The normalized spacial score (nSPS) is 21.9. The van der Waals surface area contributed by atoms with Crippen molar-refractivity contribution in [1.29, 1.82) is 0 Å². The molecule has 3 rings (SSSR count). The van der Waals surface area contributed by atoms with Gasteiger partial charge in [0.15, 0.2) is 11.5 Å². The smallest absolute Gasteiger partial charge is 0.231 e. The summed E-state index contributed by atoms with van der Waals surface area (Å²) in [7, 11) is 0. The molecule has 0 N–H and O–H groups in total. The van der Waals surface area contributed by atoms with Gasteiger partial charge in [0.2, 0.25) is 6.79 Å². The lowest BCUT2D eigenvalue weighted by atomic mass is 10.0. The molecule has 0 aromatic heterocycles. The highest BCUT2D eigenvalue weighted by atomic mass is 16.7. The van der Waals surface area contributed by atoms with E-state index in [-0.39, 0.29) is 0 Å². The van der Waals surface area contributed by atoms with Crippen molar-refractivity contribution in [3.8, 4) is 17.2 Å². The molecule has 1 aromatic carbocycles. The average molecular weight is 277 g/mol. The van der Waals surface area contributed by atoms with Crippen LogP contribution < -0.4 is 14.2 Å². The fourth-order valence-electron chi connectivity index (χ4n) is 2.93. The van der Waals surface area contributed by atoms with Crippen LogP contribution in [0.5, 0.6) is 17.2 Å². The summed E-state index contributed by atoms with van der Waals surface area (Å²) in [6.07, 6.45) is 3.79. The molecule has 0 saturated carbocycles. The first kappa shape index (κ1) is 13.6. The Bertz CT molecular complexity index is 449. The molecular weight excluding hydrogens is 254 g/mol. The molecule has 110 valence electrons. The van der Waals surface area contributed by atoms with E-state index < -0.39 is 0 Å². The standard InChI is InChI=1S/C16H23NO3/c1-13-4-2-7-17(11-13)8-3-9-18-14-5-6-15-16(10-14)20-12-19-15/h5-6,10,13H,2-4,7-9,11-12H2,1H3/t13-/m1/s1. The Balaban J connectivity index is 1.39. The van der Waals surface area contributed by atoms with Crippen molar-refractivity contribution >= 4 is 0 Å². The largest absolute Gasteiger partial charge is 0.493 e. The first-order valence-corrected chi connectivity index (χ1v) is 7.56. The van der Waals surface area contributed by atoms with E-state index in [1.54, 1.807) is 0 Å². The number of piperidine rings is 1. The van der Waals surface area contributed by atoms with Gasteiger partial charge in [0.05, 0.1) is 6.61 Å². The van der Waals surface area contributed by atoms with Crippen molar-refractivity contribution in [1.82, 2.24) is 4.90 Å². The number of benzene rings is 1. The maximum Gasteiger partial charge on any atom is 0.231 e. The molecule has 1 fully saturated rings. The van der Waals surface area contributed by atoms with Crippen molar-refractivity contribution in [3.63, 3.8) is 0 Å². The summed E-state index contributed by atoms with van der Waals surface area (Å²) >= 11 is 0. The zero-order chi connectivity index (χ0) is 13.8. The highest BCUT2D eigenvalue weighted by Crippen LogP contribution is 2.35. The second-order valence-corrected chi connectivity index (χ2v) is 5.77. The zero-order valence-corrected chi connectivity index (χ0v) is 12.1. The van der Waals surface area contributed by atoms with Crippen LogP contribution in [-0.4, -0.2) is 37.9 Å². The van der Waals surface area contributed by atoms with E-state index in [4.69, 9.17) is 14.2 Å². The summed E-state index contributed by atoms with van der Waals surface area (Å²) in [6, 6.07) is 5.76. The summed E-state index contributed by atoms with van der Waals surface area (Å²) < 4.78 is 16.4. The van der Waals surface area contributed by atoms with Crippen LogP contribution in [-0.2, 0) is 0 Å². The highest BCUT2D eigenvalue weighted by Gasteiger charge is 2.16. The molecule has 0 amide bonds. The molecule has 2 aliphatic heterocycles. The van der Waals surface area contributed by atoms with Gasteiger partial charge in [0, 0.05) is 19.2 Å². The fourth-order valence-corrected chi connectivity index (χ4v) is 2.93. The second kappa shape index (κ2) is 6.35. The van der Waals surface area contributed by atoms with Crippen molar-refractivity contribution in [2.24, 2.45) is 5.92 Å². The maximum atomic E-state index is 5.79. The molecule has 20 heavy (non-hydrogen) atoms. The summed E-state index contributed by atoms with van der Waals surface area (Å²) in [6.45, 7) is 7.03. The highest BCUT2D eigenvalue weighted by molar-refractivity contribution is 5.46. The van der Waals surface area contributed by atoms with Crippen LogP contribution in [0, 0.1) is 5.92 Å². The molecule has 2 heterocycles. The molecule has 1 atom stereocenters. The predicted octanol–water partition coefficient (Wildman–Crippen LogP) is 2.92. The summed E-state index contributed by atoms with van der Waals surface area (Å²) in [5, 5.41) is 0. The fraction of sp³-hybridized carbons (Fsp3) is 0.625. The molecule has 0 spiro atoms. The van der Waals surface area contributed by atoms with E-state index in [0.717, 1.165) is 42.7 Å². The minimum absolute atomic E-state index is 0.311. The monoisotopic (exact) mass is 277 g/mol. The average Bonchev–Trinajstić information content (AvgIpc) is 2.91. The van der Waals surface area contributed by atoms with Crippen LogP contribution in [0.4, 0.5) is 0 Å². The first-order valence-electron chi connectivity index (χ1n) is 7.56. The predicted molar refractivity (Wildman–Crippen MR) is 77.5 cm³/mol. The second-order valence-electron chi connectivity index (χ2n) is 5.77. The third-order valence-electron chi connectivity index (χ3n) is 3.97. The lowest BCUT2D eigenvalue weighted by Gasteiger charge is -2.30. The van der Waals surface area contributed by atoms with E-state index in [2.05, 4.69) is 11.8 Å². The number of rotatable bonds is 5. The van der Waals surface area contributed by atoms with E-state index >= 15 is 0 Å². The van der Waals surface area contributed by atoms with Crippen LogP contribution in [0.3, 0.4) is 0 Å². The van der Waals surface area contributed by atoms with Gasteiger partial charge in [-0.2, -0.15) is 0 Å². The molecular formula is C16H23NO3. The Morgan fingerprint density at radius 2 is 2.20 bits per heavy atom. The van der Waals surface area contributed by atoms with E-state index in [0.29, 0.717) is 6.79 Å². The topological polar surface area (TPSA) is 30.9 Å². The number of fused-ring (bicyclic) bond motifs is 1. The summed E-state index contributed by atoms with van der Waals surface area (Å²) in [5.41, 5.74) is 0. The van der Waals surface area contributed by atoms with Crippen molar-refractivity contribution in [2.45, 2.75) is 26.2 Å². The Kier molecular flexibility index (Phi) is 4.31. The molecule has 4 nitrogen and oxygen atoms in total. The van der Waals surface area contributed by atoms with E-state index in [1.165, 1.54) is 25.9 Å². The molecule has 0 radical (unpaired) electrons. The molecule has 4 heteroatoms. The molecule has 0 bridgehead atoms. The third kappa shape index (κ3) is 3.37. The van der Waals surface area contributed by atoms with Gasteiger partial charge in [-0.15, -0.1) is 0 Å². The quantitative estimate of drug-likeness (QED) is 0.774. The van der Waals surface area contributed by atoms with Gasteiger partial charge in [-0.1, -0.05) is 6.92 Å². The Morgan fingerprint density at radius 3 is 3.10 bits per heavy atom. The van der Waals surface area contributed by atoms with Gasteiger partial charge in [0.1, 0.15) is 5.75 Å². The molecule has 0 unspecified atom stereocenters. The van der Waals surface area contributed by atoms with Gasteiger partial charge in [0.25, 0.3) is 0 Å². The Labute approximate surface area is 120 Å². The number of likely N-dealkylation sites (tertiary alicyclic amines) is 1. The molecule has 1 saturated heterocycles. The molecule has 2 aliphatic rings. The lowest BCUT2D eigenvalue weighted by molar-refractivity contribution is 0.169. The van der Waals surface area contributed by atoms with Crippen LogP contribution in [0.2, 0.25) is 0 Å². The third-order valence-corrected chi connectivity index (χ3v) is 3.97. The van der Waals surface area contributed by atoms with Gasteiger partial charge >= 0.3 is 0 Å². The molecule has 1 aromatic rings. The maximum absolute atomic E-state index is 5.79. The van der Waals surface area contributed by atoms with Crippen molar-refractivity contribution < 1.29 is 14.2 Å². The van der Waals surface area contributed by atoms with Crippen molar-refractivity contribution in [2.75, 3.05) is 33.0 Å². The number of nitrogens with zero attached hydrogens (tertiary/aromatic N) is 1. The molecule has 0 aliphatic carbocycles. The summed E-state index contributed by atoms with van der Waals surface area (Å²) in [5.74, 6) is 3.30. The number of hydrogen-bond acceptors (Lipinski definition) is 4. The van der Waals surface area contributed by atoms with Gasteiger partial charge < -0.3 is 19.1 Å². The van der Waals surface area contributed by atoms with Gasteiger partial charge in [-0.05, 0) is 43.9 Å². The summed E-state index contributed by atoms with van der Waals surface area (Å²) in [4.78, 5) is 2.55. The van der Waals surface area contributed by atoms with E-state index in [1.807, 2.05) is 18.2 Å². The van der Waals surface area contributed by atoms with Crippen molar-refractivity contribution in [3.05, 3.63) is 18.2 Å². The van der Waals surface area contributed by atoms with Crippen LogP contribution in [0.1, 0.15) is 26.2 Å². The number of hydrogen-bond donors (Lipinski definition) is 0. The first-order chi connectivity index (χ1) is 9.81. The van der Waals surface area contributed by atoms with Crippen LogP contribution >= 0.6 is 0 Å². The van der Waals surface area contributed by atoms with Crippen LogP contribution in [0.25, 0.3) is 0 Å². The minimum atomic E-state index is 0.311. The Morgan fingerprint density at radius 1 is 1.30 bits per heavy atom. The van der Waals surface area contributed by atoms with Gasteiger partial charge in [-0.25, -0.2) is 0 Å². The zero-order valence-electron chi connectivity index (χ0n) is 12.1. The van der Waals surface area contributed by atoms with Crippen LogP contribution in [0.15, 0.2) is 18.2 Å². The Hall–Kier alpha value is -1.42. The van der Waals surface area contributed by atoms with E-state index in [9.17, 15) is 0 Å². The lowest BCUT2D eigenvalue weighted by Crippen LogP contribution is -2.35.